The lowest BCUT2D eigenvalue weighted by molar-refractivity contribution is -0.144. The second-order valence-electron chi connectivity index (χ2n) is 5.83. The van der Waals surface area contributed by atoms with Gasteiger partial charge in [-0.15, -0.1) is 11.3 Å². The first-order chi connectivity index (χ1) is 11.8. The number of aromatic nitrogens is 2. The van der Waals surface area contributed by atoms with Gasteiger partial charge in [0.2, 0.25) is 0 Å². The van der Waals surface area contributed by atoms with Gasteiger partial charge in [-0.1, -0.05) is 13.0 Å². The number of amides is 1. The van der Waals surface area contributed by atoms with Crippen LogP contribution >= 0.6 is 11.3 Å². The molecule has 124 valence electrons. The van der Waals surface area contributed by atoms with Crippen LogP contribution in [0.5, 0.6) is 0 Å². The minimum absolute atomic E-state index is 0.0735. The zero-order valence-corrected chi connectivity index (χ0v) is 14.4. The molecular weight excluding hydrogens is 322 g/mol. The van der Waals surface area contributed by atoms with Crippen molar-refractivity contribution in [3.05, 3.63) is 46.4 Å². The Labute approximate surface area is 144 Å². The van der Waals surface area contributed by atoms with Crippen LogP contribution in [0.4, 0.5) is 0 Å². The minimum atomic E-state index is -0.0735. The van der Waals surface area contributed by atoms with E-state index >= 15 is 0 Å². The second-order valence-corrected chi connectivity index (χ2v) is 6.77. The first-order valence-electron chi connectivity index (χ1n) is 8.27. The van der Waals surface area contributed by atoms with Crippen LogP contribution in [0.15, 0.2) is 35.8 Å². The van der Waals surface area contributed by atoms with Crippen molar-refractivity contribution in [1.82, 2.24) is 14.4 Å². The van der Waals surface area contributed by atoms with Crippen molar-refractivity contribution < 1.29 is 9.63 Å². The third-order valence-electron chi connectivity index (χ3n) is 4.25. The second kappa shape index (κ2) is 6.37. The van der Waals surface area contributed by atoms with Crippen molar-refractivity contribution in [3.8, 4) is 11.4 Å². The number of pyridine rings is 1. The molecule has 0 bridgehead atoms. The van der Waals surface area contributed by atoms with E-state index in [0.717, 1.165) is 41.2 Å². The SMILES string of the molecule is CCc1nc(-c2cc(C(=O)N3CCCCO3)c3ccccn23)cs1. The Bertz CT molecular complexity index is 877. The number of hydrogen-bond donors (Lipinski definition) is 0. The highest BCUT2D eigenvalue weighted by Gasteiger charge is 2.24. The smallest absolute Gasteiger partial charge is 0.279 e. The molecule has 3 aromatic heterocycles. The summed E-state index contributed by atoms with van der Waals surface area (Å²) in [7, 11) is 0. The number of carbonyl (C=O) groups is 1. The summed E-state index contributed by atoms with van der Waals surface area (Å²) in [6, 6.07) is 7.82. The number of rotatable bonds is 3. The largest absolute Gasteiger partial charge is 0.314 e. The molecule has 3 aromatic rings. The third-order valence-corrected chi connectivity index (χ3v) is 5.25. The summed E-state index contributed by atoms with van der Waals surface area (Å²) >= 11 is 1.65. The quantitative estimate of drug-likeness (QED) is 0.728. The molecule has 1 fully saturated rings. The van der Waals surface area contributed by atoms with Crippen LogP contribution in [0.1, 0.15) is 35.1 Å². The summed E-state index contributed by atoms with van der Waals surface area (Å²) in [6.07, 6.45) is 4.88. The highest BCUT2D eigenvalue weighted by molar-refractivity contribution is 7.09. The van der Waals surface area contributed by atoms with Crippen molar-refractivity contribution in [2.24, 2.45) is 0 Å². The zero-order chi connectivity index (χ0) is 16.5. The number of aryl methyl sites for hydroxylation is 1. The van der Waals surface area contributed by atoms with Gasteiger partial charge in [0, 0.05) is 18.1 Å². The van der Waals surface area contributed by atoms with Gasteiger partial charge in [0.15, 0.2) is 0 Å². The van der Waals surface area contributed by atoms with Gasteiger partial charge in [0.25, 0.3) is 5.91 Å². The molecule has 1 saturated heterocycles. The van der Waals surface area contributed by atoms with E-state index in [9.17, 15) is 4.79 Å². The fraction of sp³-hybridized carbons (Fsp3) is 0.333. The Morgan fingerprint density at radius 2 is 2.29 bits per heavy atom. The summed E-state index contributed by atoms with van der Waals surface area (Å²) < 4.78 is 2.03. The molecule has 0 spiro atoms. The molecule has 6 heteroatoms. The topological polar surface area (TPSA) is 46.8 Å². The molecule has 0 unspecified atom stereocenters. The maximum atomic E-state index is 12.9. The van der Waals surface area contributed by atoms with Gasteiger partial charge in [-0.25, -0.2) is 10.0 Å². The van der Waals surface area contributed by atoms with E-state index in [1.807, 2.05) is 34.9 Å². The maximum Gasteiger partial charge on any atom is 0.279 e. The molecule has 4 rings (SSSR count). The summed E-state index contributed by atoms with van der Waals surface area (Å²) in [5.41, 5.74) is 3.41. The van der Waals surface area contributed by atoms with E-state index in [1.165, 1.54) is 5.06 Å². The number of nitrogens with zero attached hydrogens (tertiary/aromatic N) is 3. The van der Waals surface area contributed by atoms with Crippen LogP contribution in [0.3, 0.4) is 0 Å². The van der Waals surface area contributed by atoms with Crippen molar-refractivity contribution in [2.75, 3.05) is 13.2 Å². The first-order valence-corrected chi connectivity index (χ1v) is 9.15. The molecule has 0 saturated carbocycles. The van der Waals surface area contributed by atoms with Gasteiger partial charge in [0.1, 0.15) is 0 Å². The number of fused-ring (bicyclic) bond motifs is 1. The van der Waals surface area contributed by atoms with Crippen molar-refractivity contribution in [3.63, 3.8) is 0 Å². The van der Waals surface area contributed by atoms with E-state index in [1.54, 1.807) is 11.3 Å². The van der Waals surface area contributed by atoms with E-state index in [4.69, 9.17) is 4.84 Å². The van der Waals surface area contributed by atoms with E-state index < -0.39 is 0 Å². The van der Waals surface area contributed by atoms with E-state index in [0.29, 0.717) is 18.7 Å². The van der Waals surface area contributed by atoms with Crippen molar-refractivity contribution in [1.29, 1.82) is 0 Å². The number of carbonyl (C=O) groups excluding carboxylic acids is 1. The van der Waals surface area contributed by atoms with Gasteiger partial charge in [-0.05, 0) is 37.5 Å². The average molecular weight is 341 g/mol. The summed E-state index contributed by atoms with van der Waals surface area (Å²) in [5, 5.41) is 4.65. The standard InChI is InChI=1S/C18H19N3O2S/c1-2-17-19-14(12-24-17)16-11-13(15-7-3-4-8-20(15)16)18(22)21-9-5-6-10-23-21/h3-4,7-8,11-12H,2,5-6,9-10H2,1H3. The fourth-order valence-corrected chi connectivity index (χ4v) is 3.74. The summed E-state index contributed by atoms with van der Waals surface area (Å²) in [5.74, 6) is -0.0735. The molecule has 0 N–H and O–H groups in total. The molecule has 0 radical (unpaired) electrons. The van der Waals surface area contributed by atoms with Crippen LogP contribution in [0.2, 0.25) is 0 Å². The molecule has 0 aliphatic carbocycles. The summed E-state index contributed by atoms with van der Waals surface area (Å²) in [6.45, 7) is 3.35. The Morgan fingerprint density at radius 1 is 1.38 bits per heavy atom. The van der Waals surface area contributed by atoms with Crippen LogP contribution in [0, 0.1) is 0 Å². The molecular formula is C18H19N3O2S. The lowest BCUT2D eigenvalue weighted by Crippen LogP contribution is -2.35. The molecule has 0 atom stereocenters. The minimum Gasteiger partial charge on any atom is -0.314 e. The zero-order valence-electron chi connectivity index (χ0n) is 13.6. The molecule has 1 aliphatic heterocycles. The van der Waals surface area contributed by atoms with Crippen LogP contribution < -0.4 is 0 Å². The third kappa shape index (κ3) is 2.61. The number of hydrogen-bond acceptors (Lipinski definition) is 4. The van der Waals surface area contributed by atoms with Crippen molar-refractivity contribution >= 4 is 22.8 Å². The Balaban J connectivity index is 1.80. The molecule has 5 nitrogen and oxygen atoms in total. The van der Waals surface area contributed by atoms with Crippen LogP contribution in [-0.2, 0) is 11.3 Å². The van der Waals surface area contributed by atoms with E-state index in [-0.39, 0.29) is 5.91 Å². The molecule has 0 aromatic carbocycles. The summed E-state index contributed by atoms with van der Waals surface area (Å²) in [4.78, 5) is 23.1. The van der Waals surface area contributed by atoms with Crippen LogP contribution in [-0.4, -0.2) is 33.5 Å². The van der Waals surface area contributed by atoms with Crippen molar-refractivity contribution in [2.45, 2.75) is 26.2 Å². The lowest BCUT2D eigenvalue weighted by Gasteiger charge is -2.25. The highest BCUT2D eigenvalue weighted by Crippen LogP contribution is 2.29. The van der Waals surface area contributed by atoms with Gasteiger partial charge >= 0.3 is 0 Å². The Morgan fingerprint density at radius 3 is 3.04 bits per heavy atom. The lowest BCUT2D eigenvalue weighted by atomic mass is 10.2. The number of hydroxylamine groups is 2. The van der Waals surface area contributed by atoms with E-state index in [2.05, 4.69) is 17.3 Å². The van der Waals surface area contributed by atoms with Gasteiger partial charge in [-0.3, -0.25) is 9.63 Å². The normalized spacial score (nSPS) is 15.1. The Hall–Kier alpha value is -2.18. The highest BCUT2D eigenvalue weighted by atomic mass is 32.1. The monoisotopic (exact) mass is 341 g/mol. The molecule has 1 amide bonds. The number of thiazole rings is 1. The van der Waals surface area contributed by atoms with Gasteiger partial charge in [0.05, 0.1) is 34.1 Å². The molecule has 4 heterocycles. The van der Waals surface area contributed by atoms with Gasteiger partial charge in [-0.2, -0.15) is 0 Å². The first kappa shape index (κ1) is 15.4. The molecule has 1 aliphatic rings. The van der Waals surface area contributed by atoms with Crippen LogP contribution in [0.25, 0.3) is 16.9 Å². The Kier molecular flexibility index (Phi) is 4.08. The molecule has 24 heavy (non-hydrogen) atoms. The average Bonchev–Trinajstić information content (AvgIpc) is 3.26. The van der Waals surface area contributed by atoms with Gasteiger partial charge < -0.3 is 4.40 Å². The predicted molar refractivity (Wildman–Crippen MR) is 94.1 cm³/mol. The fourth-order valence-electron chi connectivity index (χ4n) is 3.00. The maximum absolute atomic E-state index is 12.9. The predicted octanol–water partition coefficient (Wildman–Crippen LogP) is 3.79.